The SMILES string of the molecule is Clc1ccc(-c2nncnc2OCc2ccccn2)cc1. The lowest BCUT2D eigenvalue weighted by atomic mass is 10.1. The predicted molar refractivity (Wildman–Crippen MR) is 78.8 cm³/mol. The number of nitrogens with zero attached hydrogens (tertiary/aromatic N) is 4. The van der Waals surface area contributed by atoms with Crippen LogP contribution in [0.4, 0.5) is 0 Å². The maximum Gasteiger partial charge on any atom is 0.244 e. The Morgan fingerprint density at radius 1 is 1.00 bits per heavy atom. The monoisotopic (exact) mass is 298 g/mol. The standard InChI is InChI=1S/C15H11ClN4O/c16-12-6-4-11(5-7-12)14-15(18-10-19-20-14)21-9-13-3-1-2-8-17-13/h1-8,10H,9H2. The Bertz CT molecular complexity index is 719. The molecule has 3 aromatic rings. The Balaban J connectivity index is 1.84. The molecule has 0 radical (unpaired) electrons. The summed E-state index contributed by atoms with van der Waals surface area (Å²) in [6, 6.07) is 12.9. The van der Waals surface area contributed by atoms with Gasteiger partial charge in [0, 0.05) is 16.8 Å². The molecule has 21 heavy (non-hydrogen) atoms. The van der Waals surface area contributed by atoms with Crippen molar-refractivity contribution in [2.75, 3.05) is 0 Å². The highest BCUT2D eigenvalue weighted by molar-refractivity contribution is 6.30. The zero-order chi connectivity index (χ0) is 14.5. The minimum absolute atomic E-state index is 0.320. The average molecular weight is 299 g/mol. The molecular formula is C15H11ClN4O. The van der Waals surface area contributed by atoms with Crippen molar-refractivity contribution in [2.24, 2.45) is 0 Å². The fourth-order valence-corrected chi connectivity index (χ4v) is 1.91. The highest BCUT2D eigenvalue weighted by Gasteiger charge is 2.10. The van der Waals surface area contributed by atoms with Crippen molar-refractivity contribution >= 4 is 11.6 Å². The molecule has 2 aromatic heterocycles. The van der Waals surface area contributed by atoms with Crippen molar-refractivity contribution in [2.45, 2.75) is 6.61 Å². The molecule has 3 rings (SSSR count). The van der Waals surface area contributed by atoms with Gasteiger partial charge in [-0.25, -0.2) is 0 Å². The summed E-state index contributed by atoms with van der Waals surface area (Å²) in [5.74, 6) is 0.415. The lowest BCUT2D eigenvalue weighted by Crippen LogP contribution is -2.02. The van der Waals surface area contributed by atoms with E-state index in [4.69, 9.17) is 16.3 Å². The summed E-state index contributed by atoms with van der Waals surface area (Å²) < 4.78 is 5.70. The van der Waals surface area contributed by atoms with Crippen molar-refractivity contribution in [3.05, 3.63) is 65.7 Å². The normalized spacial score (nSPS) is 10.3. The van der Waals surface area contributed by atoms with E-state index in [9.17, 15) is 0 Å². The molecule has 0 spiro atoms. The van der Waals surface area contributed by atoms with Gasteiger partial charge in [0.25, 0.3) is 0 Å². The van der Waals surface area contributed by atoms with Crippen molar-refractivity contribution in [3.8, 4) is 17.1 Å². The highest BCUT2D eigenvalue weighted by atomic mass is 35.5. The summed E-state index contributed by atoms with van der Waals surface area (Å²) in [5, 5.41) is 8.56. The van der Waals surface area contributed by atoms with E-state index in [1.54, 1.807) is 18.3 Å². The number of pyridine rings is 1. The van der Waals surface area contributed by atoms with E-state index in [1.165, 1.54) is 6.33 Å². The van der Waals surface area contributed by atoms with Crippen LogP contribution in [0.2, 0.25) is 5.02 Å². The van der Waals surface area contributed by atoms with Gasteiger partial charge in [0.15, 0.2) is 5.69 Å². The molecule has 5 nitrogen and oxygen atoms in total. The molecule has 0 aliphatic rings. The lowest BCUT2D eigenvalue weighted by molar-refractivity contribution is 0.288. The Morgan fingerprint density at radius 2 is 1.86 bits per heavy atom. The maximum atomic E-state index is 5.89. The first-order chi connectivity index (χ1) is 10.3. The molecule has 0 aliphatic heterocycles. The van der Waals surface area contributed by atoms with Crippen molar-refractivity contribution in [3.63, 3.8) is 0 Å². The molecule has 104 valence electrons. The van der Waals surface area contributed by atoms with Crippen LogP contribution in [0, 0.1) is 0 Å². The minimum atomic E-state index is 0.320. The zero-order valence-corrected chi connectivity index (χ0v) is 11.7. The summed E-state index contributed by atoms with van der Waals surface area (Å²) >= 11 is 5.89. The fourth-order valence-electron chi connectivity index (χ4n) is 1.79. The van der Waals surface area contributed by atoms with Crippen LogP contribution < -0.4 is 4.74 Å². The summed E-state index contributed by atoms with van der Waals surface area (Å²) in [5.41, 5.74) is 2.24. The molecule has 0 bridgehead atoms. The third-order valence-electron chi connectivity index (χ3n) is 2.79. The number of hydrogen-bond donors (Lipinski definition) is 0. The first-order valence-corrected chi connectivity index (χ1v) is 6.67. The summed E-state index contributed by atoms with van der Waals surface area (Å²) in [4.78, 5) is 8.34. The molecular weight excluding hydrogens is 288 g/mol. The topological polar surface area (TPSA) is 60.8 Å². The van der Waals surface area contributed by atoms with Crippen molar-refractivity contribution in [1.82, 2.24) is 20.2 Å². The van der Waals surface area contributed by atoms with Crippen LogP contribution in [0.3, 0.4) is 0 Å². The van der Waals surface area contributed by atoms with E-state index in [2.05, 4.69) is 20.2 Å². The molecule has 0 fully saturated rings. The van der Waals surface area contributed by atoms with E-state index in [0.29, 0.717) is 23.2 Å². The van der Waals surface area contributed by atoms with Gasteiger partial charge in [0.1, 0.15) is 12.9 Å². The van der Waals surface area contributed by atoms with Crippen LogP contribution in [0.25, 0.3) is 11.3 Å². The Morgan fingerprint density at radius 3 is 2.62 bits per heavy atom. The van der Waals surface area contributed by atoms with E-state index >= 15 is 0 Å². The van der Waals surface area contributed by atoms with Gasteiger partial charge in [-0.15, -0.1) is 10.2 Å². The van der Waals surface area contributed by atoms with E-state index < -0.39 is 0 Å². The summed E-state index contributed by atoms with van der Waals surface area (Å²) in [7, 11) is 0. The van der Waals surface area contributed by atoms with Gasteiger partial charge in [-0.05, 0) is 24.3 Å². The van der Waals surface area contributed by atoms with Crippen molar-refractivity contribution < 1.29 is 4.74 Å². The van der Waals surface area contributed by atoms with Gasteiger partial charge in [-0.1, -0.05) is 29.8 Å². The average Bonchev–Trinajstić information content (AvgIpc) is 2.55. The smallest absolute Gasteiger partial charge is 0.244 e. The molecule has 0 unspecified atom stereocenters. The van der Waals surface area contributed by atoms with Crippen LogP contribution in [0.1, 0.15) is 5.69 Å². The Kier molecular flexibility index (Phi) is 4.02. The Labute approximate surface area is 126 Å². The highest BCUT2D eigenvalue weighted by Crippen LogP contribution is 2.26. The van der Waals surface area contributed by atoms with Crippen LogP contribution in [0.5, 0.6) is 5.88 Å². The molecule has 0 saturated heterocycles. The van der Waals surface area contributed by atoms with Gasteiger partial charge in [-0.3, -0.25) is 4.98 Å². The van der Waals surface area contributed by atoms with E-state index in [-0.39, 0.29) is 0 Å². The van der Waals surface area contributed by atoms with Gasteiger partial charge in [-0.2, -0.15) is 4.98 Å². The number of halogens is 1. The van der Waals surface area contributed by atoms with Crippen LogP contribution in [0.15, 0.2) is 55.0 Å². The van der Waals surface area contributed by atoms with E-state index in [0.717, 1.165) is 11.3 Å². The molecule has 0 amide bonds. The van der Waals surface area contributed by atoms with Gasteiger partial charge < -0.3 is 4.74 Å². The quantitative estimate of drug-likeness (QED) is 0.740. The summed E-state index contributed by atoms with van der Waals surface area (Å²) in [6.45, 7) is 0.320. The zero-order valence-electron chi connectivity index (χ0n) is 11.0. The third kappa shape index (κ3) is 3.32. The van der Waals surface area contributed by atoms with Crippen LogP contribution in [-0.2, 0) is 6.61 Å². The number of rotatable bonds is 4. The summed E-state index contributed by atoms with van der Waals surface area (Å²) in [6.07, 6.45) is 3.07. The fraction of sp³-hybridized carbons (Fsp3) is 0.0667. The third-order valence-corrected chi connectivity index (χ3v) is 3.04. The number of aromatic nitrogens is 4. The maximum absolute atomic E-state index is 5.89. The molecule has 0 N–H and O–H groups in total. The second kappa shape index (κ2) is 6.28. The first-order valence-electron chi connectivity index (χ1n) is 6.29. The van der Waals surface area contributed by atoms with Crippen LogP contribution >= 0.6 is 11.6 Å². The number of benzene rings is 1. The second-order valence-corrected chi connectivity index (χ2v) is 4.67. The number of ether oxygens (including phenoxy) is 1. The van der Waals surface area contributed by atoms with Crippen LogP contribution in [-0.4, -0.2) is 20.2 Å². The van der Waals surface area contributed by atoms with Gasteiger partial charge >= 0.3 is 0 Å². The molecule has 0 atom stereocenters. The van der Waals surface area contributed by atoms with Gasteiger partial charge in [0.2, 0.25) is 5.88 Å². The molecule has 2 heterocycles. The van der Waals surface area contributed by atoms with Gasteiger partial charge in [0.05, 0.1) is 5.69 Å². The first kappa shape index (κ1) is 13.5. The lowest BCUT2D eigenvalue weighted by Gasteiger charge is -2.08. The van der Waals surface area contributed by atoms with Crippen molar-refractivity contribution in [1.29, 1.82) is 0 Å². The Hall–Kier alpha value is -2.53. The second-order valence-electron chi connectivity index (χ2n) is 4.23. The molecule has 1 aromatic carbocycles. The minimum Gasteiger partial charge on any atom is -0.470 e. The molecule has 0 saturated carbocycles. The predicted octanol–water partition coefficient (Wildman–Crippen LogP) is 3.17. The molecule has 0 aliphatic carbocycles. The largest absolute Gasteiger partial charge is 0.470 e. The number of hydrogen-bond acceptors (Lipinski definition) is 5. The van der Waals surface area contributed by atoms with E-state index in [1.807, 2.05) is 30.3 Å². The molecule has 6 heteroatoms.